The van der Waals surface area contributed by atoms with Gasteiger partial charge in [-0.1, -0.05) is 48.2 Å². The van der Waals surface area contributed by atoms with Crippen molar-refractivity contribution in [2.75, 3.05) is 7.05 Å². The van der Waals surface area contributed by atoms with Crippen LogP contribution in [0.2, 0.25) is 0 Å². The van der Waals surface area contributed by atoms with Crippen molar-refractivity contribution in [2.24, 2.45) is 12.0 Å². The van der Waals surface area contributed by atoms with E-state index in [1.54, 1.807) is 24.1 Å². The van der Waals surface area contributed by atoms with E-state index < -0.39 is 0 Å². The number of hydrogen-bond donors (Lipinski definition) is 0. The normalized spacial score (nSPS) is 12.7. The Labute approximate surface area is 165 Å². The summed E-state index contributed by atoms with van der Waals surface area (Å²) in [4.78, 5) is 4.61. The molecule has 0 amide bonds. The first-order valence-electron chi connectivity index (χ1n) is 9.06. The van der Waals surface area contributed by atoms with Crippen LogP contribution < -0.4 is 0 Å². The van der Waals surface area contributed by atoms with E-state index in [9.17, 15) is 0 Å². The van der Waals surface area contributed by atoms with Gasteiger partial charge in [-0.05, 0) is 36.6 Å². The number of aromatic nitrogens is 3. The second kappa shape index (κ2) is 8.48. The summed E-state index contributed by atoms with van der Waals surface area (Å²) in [5, 5.41) is 8.34. The van der Waals surface area contributed by atoms with Gasteiger partial charge >= 0.3 is 0 Å². The molecule has 0 fully saturated rings. The molecule has 142 valence electrons. The van der Waals surface area contributed by atoms with Gasteiger partial charge < -0.3 is 4.52 Å². The Balaban J connectivity index is 2.26. The Bertz CT molecular complexity index is 1080. The molecule has 0 aliphatic carbocycles. The van der Waals surface area contributed by atoms with Crippen molar-refractivity contribution in [3.05, 3.63) is 84.6 Å². The molecule has 3 rings (SSSR count). The van der Waals surface area contributed by atoms with Crippen LogP contribution in [0.25, 0.3) is 22.3 Å². The third-order valence-corrected chi connectivity index (χ3v) is 4.49. The number of rotatable bonds is 6. The van der Waals surface area contributed by atoms with Crippen molar-refractivity contribution in [3.63, 3.8) is 0 Å². The summed E-state index contributed by atoms with van der Waals surface area (Å²) in [6.45, 7) is 7.77. The molecule has 0 N–H and O–H groups in total. The maximum atomic E-state index is 5.19. The summed E-state index contributed by atoms with van der Waals surface area (Å²) in [5.74, 6) is 0. The van der Waals surface area contributed by atoms with Gasteiger partial charge in [0.15, 0.2) is 0 Å². The standard InChI is InChI=1S/C23H24N4O/c1-6-8-17(9-7-2)23(24-4)21-12-18(19-13-25-27(5)14-19)10-11-20(21)22-15-28-26-16(22)3/h6-15H,1H2,2-5H3/b9-7-,17-8+,24-23?. The van der Waals surface area contributed by atoms with Gasteiger partial charge in [0.25, 0.3) is 0 Å². The molecule has 0 unspecified atom stereocenters. The molecule has 0 atom stereocenters. The van der Waals surface area contributed by atoms with E-state index in [1.807, 2.05) is 51.5 Å². The average Bonchev–Trinajstić information content (AvgIpc) is 3.31. The molecule has 0 bridgehead atoms. The van der Waals surface area contributed by atoms with Crippen molar-refractivity contribution in [1.29, 1.82) is 0 Å². The van der Waals surface area contributed by atoms with Crippen molar-refractivity contribution in [2.45, 2.75) is 13.8 Å². The highest BCUT2D eigenvalue weighted by atomic mass is 16.5. The fourth-order valence-corrected chi connectivity index (χ4v) is 3.20. The summed E-state index contributed by atoms with van der Waals surface area (Å²) in [6, 6.07) is 6.31. The van der Waals surface area contributed by atoms with Gasteiger partial charge in [0.1, 0.15) is 6.26 Å². The van der Waals surface area contributed by atoms with Crippen LogP contribution in [0.3, 0.4) is 0 Å². The van der Waals surface area contributed by atoms with E-state index in [-0.39, 0.29) is 0 Å². The molecule has 0 aliphatic heterocycles. The number of allylic oxidation sites excluding steroid dienone is 5. The minimum absolute atomic E-state index is 0.839. The van der Waals surface area contributed by atoms with E-state index in [2.05, 4.69) is 40.0 Å². The lowest BCUT2D eigenvalue weighted by Gasteiger charge is -2.14. The fourth-order valence-electron chi connectivity index (χ4n) is 3.20. The lowest BCUT2D eigenvalue weighted by atomic mass is 9.90. The van der Waals surface area contributed by atoms with Crippen LogP contribution in [0.4, 0.5) is 0 Å². The van der Waals surface area contributed by atoms with Crippen LogP contribution in [0, 0.1) is 6.92 Å². The van der Waals surface area contributed by atoms with Crippen molar-refractivity contribution in [1.82, 2.24) is 14.9 Å². The number of hydrogen-bond acceptors (Lipinski definition) is 4. The SMILES string of the molecule is C=C/C=C(\C=C/C)C(=NC)c1cc(-c2cnn(C)c2)ccc1-c1conc1C. The summed E-state index contributed by atoms with van der Waals surface area (Å²) < 4.78 is 6.99. The molecule has 3 aromatic rings. The van der Waals surface area contributed by atoms with Crippen LogP contribution in [-0.2, 0) is 7.05 Å². The fraction of sp³-hybridized carbons (Fsp3) is 0.174. The third-order valence-electron chi connectivity index (χ3n) is 4.49. The first-order chi connectivity index (χ1) is 13.6. The zero-order valence-electron chi connectivity index (χ0n) is 16.7. The summed E-state index contributed by atoms with van der Waals surface area (Å²) in [7, 11) is 3.71. The minimum atomic E-state index is 0.839. The van der Waals surface area contributed by atoms with Crippen molar-refractivity contribution in [3.8, 4) is 22.3 Å². The first-order valence-corrected chi connectivity index (χ1v) is 9.06. The maximum absolute atomic E-state index is 5.19. The van der Waals surface area contributed by atoms with Gasteiger partial charge in [0.05, 0.1) is 17.6 Å². The molecular formula is C23H24N4O. The molecule has 0 radical (unpaired) electrons. The Kier molecular flexibility index (Phi) is 5.84. The van der Waals surface area contributed by atoms with Crippen LogP contribution >= 0.6 is 0 Å². The predicted octanol–water partition coefficient (Wildman–Crippen LogP) is 5.16. The highest BCUT2D eigenvalue weighted by Crippen LogP contribution is 2.32. The molecule has 5 heteroatoms. The van der Waals surface area contributed by atoms with Gasteiger partial charge in [-0.15, -0.1) is 0 Å². The van der Waals surface area contributed by atoms with Crippen LogP contribution in [0.5, 0.6) is 0 Å². The molecule has 0 saturated heterocycles. The molecule has 1 aromatic carbocycles. The van der Waals surface area contributed by atoms with Gasteiger partial charge in [0.2, 0.25) is 0 Å². The van der Waals surface area contributed by atoms with E-state index >= 15 is 0 Å². The minimum Gasteiger partial charge on any atom is -0.364 e. The van der Waals surface area contributed by atoms with E-state index in [1.165, 1.54) is 0 Å². The predicted molar refractivity (Wildman–Crippen MR) is 114 cm³/mol. The number of aliphatic imine (C=N–C) groups is 1. The zero-order valence-corrected chi connectivity index (χ0v) is 16.7. The quantitative estimate of drug-likeness (QED) is 0.444. The zero-order chi connectivity index (χ0) is 20.1. The third kappa shape index (κ3) is 3.78. The second-order valence-electron chi connectivity index (χ2n) is 6.41. The molecule has 28 heavy (non-hydrogen) atoms. The van der Waals surface area contributed by atoms with Gasteiger partial charge in [-0.2, -0.15) is 5.10 Å². The smallest absolute Gasteiger partial charge is 0.131 e. The molecule has 0 saturated carbocycles. The maximum Gasteiger partial charge on any atom is 0.131 e. The highest BCUT2D eigenvalue weighted by Gasteiger charge is 2.18. The number of benzene rings is 1. The lowest BCUT2D eigenvalue weighted by molar-refractivity contribution is 0.415. The molecule has 2 aromatic heterocycles. The topological polar surface area (TPSA) is 56.2 Å². The Morgan fingerprint density at radius 1 is 1.25 bits per heavy atom. The molecule has 2 heterocycles. The second-order valence-corrected chi connectivity index (χ2v) is 6.41. The first kappa shape index (κ1) is 19.3. The van der Waals surface area contributed by atoms with Crippen molar-refractivity contribution < 1.29 is 4.52 Å². The average molecular weight is 372 g/mol. The van der Waals surface area contributed by atoms with Gasteiger partial charge in [-0.25, -0.2) is 0 Å². The molecular weight excluding hydrogens is 348 g/mol. The Morgan fingerprint density at radius 2 is 2.07 bits per heavy atom. The van der Waals surface area contributed by atoms with Gasteiger partial charge in [-0.3, -0.25) is 9.67 Å². The number of nitrogens with zero attached hydrogens (tertiary/aromatic N) is 4. The summed E-state index contributed by atoms with van der Waals surface area (Å²) in [6.07, 6.45) is 13.3. The van der Waals surface area contributed by atoms with E-state index in [4.69, 9.17) is 4.52 Å². The lowest BCUT2D eigenvalue weighted by Crippen LogP contribution is -2.06. The summed E-state index contributed by atoms with van der Waals surface area (Å²) in [5.41, 5.74) is 7.79. The largest absolute Gasteiger partial charge is 0.364 e. The Hall–Kier alpha value is -3.47. The van der Waals surface area contributed by atoms with Crippen LogP contribution in [0.1, 0.15) is 18.2 Å². The monoisotopic (exact) mass is 372 g/mol. The van der Waals surface area contributed by atoms with Crippen LogP contribution in [-0.4, -0.2) is 27.7 Å². The number of aryl methyl sites for hydroxylation is 2. The van der Waals surface area contributed by atoms with E-state index in [0.717, 1.165) is 44.8 Å². The van der Waals surface area contributed by atoms with E-state index in [0.29, 0.717) is 0 Å². The highest BCUT2D eigenvalue weighted by molar-refractivity contribution is 6.18. The Morgan fingerprint density at radius 3 is 2.64 bits per heavy atom. The summed E-state index contributed by atoms with van der Waals surface area (Å²) >= 11 is 0. The molecule has 0 spiro atoms. The molecule has 5 nitrogen and oxygen atoms in total. The van der Waals surface area contributed by atoms with Gasteiger partial charge in [0, 0.05) is 37.0 Å². The van der Waals surface area contributed by atoms with Crippen molar-refractivity contribution >= 4 is 5.71 Å². The molecule has 0 aliphatic rings. The van der Waals surface area contributed by atoms with Crippen LogP contribution in [0.15, 0.2) is 82.8 Å².